The quantitative estimate of drug-likeness (QED) is 0.443. The van der Waals surface area contributed by atoms with Crippen LogP contribution in [0.3, 0.4) is 0 Å². The van der Waals surface area contributed by atoms with Crippen molar-refractivity contribution in [1.29, 1.82) is 0 Å². The number of hydrogen-bond donors (Lipinski definition) is 1. The number of nitrogens with one attached hydrogen (secondary N) is 1. The van der Waals surface area contributed by atoms with Crippen LogP contribution in [-0.2, 0) is 15.7 Å². The van der Waals surface area contributed by atoms with E-state index in [0.29, 0.717) is 11.6 Å². The fourth-order valence-corrected chi connectivity index (χ4v) is 2.39. The third kappa shape index (κ3) is 5.19. The van der Waals surface area contributed by atoms with E-state index < -0.39 is 40.2 Å². The number of aryl methyl sites for hydroxylation is 1. The smallest absolute Gasteiger partial charge is 0.417 e. The van der Waals surface area contributed by atoms with Crippen LogP contribution in [0.25, 0.3) is 0 Å². The maximum atomic E-state index is 12.8. The van der Waals surface area contributed by atoms with Gasteiger partial charge < -0.3 is 10.1 Å². The molecule has 1 N–H and O–H groups in total. The highest BCUT2D eigenvalue weighted by molar-refractivity contribution is 6.31. The zero-order chi connectivity index (χ0) is 21.1. The van der Waals surface area contributed by atoms with Gasteiger partial charge in [-0.25, -0.2) is 4.79 Å². The summed E-state index contributed by atoms with van der Waals surface area (Å²) < 4.78 is 43.2. The topological polar surface area (TPSA) is 98.5 Å². The first-order chi connectivity index (χ1) is 13.0. The molecule has 0 aliphatic carbocycles. The molecule has 0 saturated carbocycles. The van der Waals surface area contributed by atoms with Crippen molar-refractivity contribution < 1.29 is 32.4 Å². The van der Waals surface area contributed by atoms with Crippen molar-refractivity contribution in [2.24, 2.45) is 0 Å². The number of nitrogens with zero attached hydrogens (tertiary/aromatic N) is 1. The molecule has 0 bridgehead atoms. The SMILES string of the molecule is Cc1ccc(C(=O)OCC(=O)Nc2ccc(Cl)c(C(F)(F)F)c2)cc1[N+](=O)[O-]. The minimum Gasteiger partial charge on any atom is -0.452 e. The van der Waals surface area contributed by atoms with Gasteiger partial charge in [0.25, 0.3) is 11.6 Å². The Balaban J connectivity index is 2.02. The normalized spacial score (nSPS) is 11.0. The number of amides is 1. The van der Waals surface area contributed by atoms with Crippen LogP contribution in [0.2, 0.25) is 5.02 Å². The molecule has 148 valence electrons. The zero-order valence-corrected chi connectivity index (χ0v) is 14.9. The molecule has 2 aromatic carbocycles. The molecule has 28 heavy (non-hydrogen) atoms. The third-order valence-electron chi connectivity index (χ3n) is 3.53. The minimum absolute atomic E-state index is 0.143. The van der Waals surface area contributed by atoms with E-state index in [-0.39, 0.29) is 16.9 Å². The molecule has 0 heterocycles. The van der Waals surface area contributed by atoms with E-state index in [4.69, 9.17) is 16.3 Å². The van der Waals surface area contributed by atoms with Crippen LogP contribution in [0, 0.1) is 17.0 Å². The van der Waals surface area contributed by atoms with Crippen LogP contribution in [0.15, 0.2) is 36.4 Å². The van der Waals surface area contributed by atoms with Crippen molar-refractivity contribution >= 4 is 34.9 Å². The lowest BCUT2D eigenvalue weighted by atomic mass is 10.1. The summed E-state index contributed by atoms with van der Waals surface area (Å²) in [6.07, 6.45) is -4.70. The van der Waals surface area contributed by atoms with Gasteiger partial charge in [-0.1, -0.05) is 17.7 Å². The van der Waals surface area contributed by atoms with Gasteiger partial charge in [0.1, 0.15) is 0 Å². The van der Waals surface area contributed by atoms with Gasteiger partial charge in [0.15, 0.2) is 6.61 Å². The van der Waals surface area contributed by atoms with Crippen molar-refractivity contribution in [3.63, 3.8) is 0 Å². The summed E-state index contributed by atoms with van der Waals surface area (Å²) >= 11 is 5.48. The highest BCUT2D eigenvalue weighted by Gasteiger charge is 2.33. The Bertz CT molecular complexity index is 947. The van der Waals surface area contributed by atoms with E-state index in [1.165, 1.54) is 19.1 Å². The van der Waals surface area contributed by atoms with E-state index in [0.717, 1.165) is 18.2 Å². The second-order valence-electron chi connectivity index (χ2n) is 5.58. The number of benzene rings is 2. The van der Waals surface area contributed by atoms with Gasteiger partial charge in [0, 0.05) is 17.3 Å². The van der Waals surface area contributed by atoms with Gasteiger partial charge in [-0.3, -0.25) is 14.9 Å². The number of nitro groups is 1. The number of alkyl halides is 3. The van der Waals surface area contributed by atoms with Crippen molar-refractivity contribution in [3.8, 4) is 0 Å². The summed E-state index contributed by atoms with van der Waals surface area (Å²) in [5, 5.41) is 12.5. The van der Waals surface area contributed by atoms with Crippen LogP contribution in [-0.4, -0.2) is 23.4 Å². The lowest BCUT2D eigenvalue weighted by Crippen LogP contribution is -2.21. The van der Waals surface area contributed by atoms with Crippen molar-refractivity contribution in [2.75, 3.05) is 11.9 Å². The van der Waals surface area contributed by atoms with Crippen LogP contribution in [0.1, 0.15) is 21.5 Å². The van der Waals surface area contributed by atoms with E-state index in [9.17, 15) is 32.9 Å². The summed E-state index contributed by atoms with van der Waals surface area (Å²) in [5.41, 5.74) is -1.42. The molecule has 2 rings (SSSR count). The fraction of sp³-hybridized carbons (Fsp3) is 0.176. The summed E-state index contributed by atoms with van der Waals surface area (Å²) in [6.45, 7) is 0.687. The Morgan fingerprint density at radius 1 is 1.21 bits per heavy atom. The maximum absolute atomic E-state index is 12.8. The van der Waals surface area contributed by atoms with Crippen LogP contribution in [0.5, 0.6) is 0 Å². The standard InChI is InChI=1S/C17H12ClF3N2O5/c1-9-2-3-10(6-14(9)23(26)27)16(25)28-8-15(24)22-11-4-5-13(18)12(7-11)17(19,20)21/h2-7H,8H2,1H3,(H,22,24). The number of ether oxygens (including phenoxy) is 1. The molecule has 0 aromatic heterocycles. The third-order valence-corrected chi connectivity index (χ3v) is 3.86. The van der Waals surface area contributed by atoms with E-state index >= 15 is 0 Å². The lowest BCUT2D eigenvalue weighted by Gasteiger charge is -2.12. The Kier molecular flexibility index (Phi) is 6.24. The second-order valence-corrected chi connectivity index (χ2v) is 5.98. The van der Waals surface area contributed by atoms with Crippen molar-refractivity contribution in [1.82, 2.24) is 0 Å². The average molecular weight is 417 g/mol. The fourth-order valence-electron chi connectivity index (χ4n) is 2.16. The van der Waals surface area contributed by atoms with Crippen molar-refractivity contribution in [3.05, 3.63) is 68.2 Å². The van der Waals surface area contributed by atoms with Gasteiger partial charge in [-0.05, 0) is 31.2 Å². The molecule has 2 aromatic rings. The number of hydrogen-bond acceptors (Lipinski definition) is 5. The first kappa shape index (κ1) is 21.2. The Morgan fingerprint density at radius 2 is 1.89 bits per heavy atom. The van der Waals surface area contributed by atoms with Crippen LogP contribution in [0.4, 0.5) is 24.5 Å². The average Bonchev–Trinajstić information content (AvgIpc) is 2.60. The molecule has 0 aliphatic heterocycles. The van der Waals surface area contributed by atoms with Gasteiger partial charge in [0.05, 0.1) is 21.1 Å². The maximum Gasteiger partial charge on any atom is 0.417 e. The molecule has 7 nitrogen and oxygen atoms in total. The largest absolute Gasteiger partial charge is 0.452 e. The summed E-state index contributed by atoms with van der Waals surface area (Å²) in [7, 11) is 0. The number of rotatable bonds is 5. The second kappa shape index (κ2) is 8.26. The minimum atomic E-state index is -4.70. The zero-order valence-electron chi connectivity index (χ0n) is 14.2. The van der Waals surface area contributed by atoms with Gasteiger partial charge in [-0.2, -0.15) is 13.2 Å². The highest BCUT2D eigenvalue weighted by atomic mass is 35.5. The van der Waals surface area contributed by atoms with Gasteiger partial charge >= 0.3 is 12.1 Å². The number of carbonyl (C=O) groups is 2. The molecule has 0 unspecified atom stereocenters. The van der Waals surface area contributed by atoms with Gasteiger partial charge in [0.2, 0.25) is 0 Å². The van der Waals surface area contributed by atoms with E-state index in [1.54, 1.807) is 0 Å². The van der Waals surface area contributed by atoms with Crippen LogP contribution < -0.4 is 5.32 Å². The lowest BCUT2D eigenvalue weighted by molar-refractivity contribution is -0.385. The Hall–Kier alpha value is -3.14. The molecule has 0 fully saturated rings. The van der Waals surface area contributed by atoms with E-state index in [1.807, 2.05) is 0 Å². The number of anilines is 1. The molecular formula is C17H12ClF3N2O5. The molecule has 0 aliphatic rings. The Morgan fingerprint density at radius 3 is 2.50 bits per heavy atom. The number of nitro benzene ring substituents is 1. The predicted octanol–water partition coefficient (Wildman–Crippen LogP) is 4.37. The summed E-state index contributed by atoms with van der Waals surface area (Å²) in [5.74, 6) is -1.89. The molecule has 0 spiro atoms. The molecule has 0 saturated heterocycles. The van der Waals surface area contributed by atoms with Crippen LogP contribution >= 0.6 is 11.6 Å². The first-order valence-electron chi connectivity index (χ1n) is 7.58. The molecular weight excluding hydrogens is 405 g/mol. The van der Waals surface area contributed by atoms with Crippen molar-refractivity contribution in [2.45, 2.75) is 13.1 Å². The molecule has 0 radical (unpaired) electrons. The first-order valence-corrected chi connectivity index (χ1v) is 7.95. The summed E-state index contributed by atoms with van der Waals surface area (Å²) in [6, 6.07) is 6.41. The number of carbonyl (C=O) groups excluding carboxylic acids is 2. The number of halogens is 4. The van der Waals surface area contributed by atoms with E-state index in [2.05, 4.69) is 5.32 Å². The summed E-state index contributed by atoms with van der Waals surface area (Å²) in [4.78, 5) is 34.0. The molecule has 11 heteroatoms. The monoisotopic (exact) mass is 416 g/mol. The predicted molar refractivity (Wildman–Crippen MR) is 93.2 cm³/mol. The molecule has 1 amide bonds. The molecule has 0 atom stereocenters. The Labute approximate surface area is 161 Å². The number of esters is 1. The highest BCUT2D eigenvalue weighted by Crippen LogP contribution is 2.36. The van der Waals surface area contributed by atoms with Gasteiger partial charge in [-0.15, -0.1) is 0 Å².